The summed E-state index contributed by atoms with van der Waals surface area (Å²) in [6.45, 7) is 0. The van der Waals surface area contributed by atoms with E-state index < -0.39 is 0 Å². The Kier molecular flexibility index (Phi) is 2.23. The number of nitrogens with one attached hydrogen (secondary N) is 1. The summed E-state index contributed by atoms with van der Waals surface area (Å²) in [6, 6.07) is 10.3. The molecule has 72 valence electrons. The third kappa shape index (κ3) is 1.48. The molecule has 0 aliphatic heterocycles. The number of benzene rings is 1. The van der Waals surface area contributed by atoms with Crippen LogP contribution < -0.4 is 5.32 Å². The highest BCUT2D eigenvalue weighted by Crippen LogP contribution is 2.21. The van der Waals surface area contributed by atoms with Crippen LogP contribution in [0, 0.1) is 0 Å². The minimum Gasteiger partial charge on any atom is -0.388 e. The van der Waals surface area contributed by atoms with Crippen molar-refractivity contribution in [1.82, 2.24) is 9.78 Å². The lowest BCUT2D eigenvalue weighted by Crippen LogP contribution is -1.94. The fourth-order valence-electron chi connectivity index (χ4n) is 1.49. The topological polar surface area (TPSA) is 29.9 Å². The first-order valence-electron chi connectivity index (χ1n) is 4.57. The second-order valence-corrected chi connectivity index (χ2v) is 3.17. The number of hydrogen-bond acceptors (Lipinski definition) is 2. The van der Waals surface area contributed by atoms with Gasteiger partial charge in [-0.25, -0.2) is 0 Å². The molecule has 0 atom stereocenters. The van der Waals surface area contributed by atoms with Gasteiger partial charge in [-0.2, -0.15) is 5.10 Å². The smallest absolute Gasteiger partial charge is 0.0679 e. The van der Waals surface area contributed by atoms with E-state index in [4.69, 9.17) is 0 Å². The van der Waals surface area contributed by atoms with E-state index in [-0.39, 0.29) is 0 Å². The van der Waals surface area contributed by atoms with Gasteiger partial charge in [0.15, 0.2) is 0 Å². The fraction of sp³-hybridized carbons (Fsp3) is 0.182. The van der Waals surface area contributed by atoms with Gasteiger partial charge in [0.2, 0.25) is 0 Å². The lowest BCUT2D eigenvalue weighted by Gasteiger charge is -2.04. The van der Waals surface area contributed by atoms with Crippen molar-refractivity contribution in [2.24, 2.45) is 7.05 Å². The van der Waals surface area contributed by atoms with Crippen molar-refractivity contribution in [3.05, 3.63) is 36.5 Å². The monoisotopic (exact) mass is 187 g/mol. The maximum absolute atomic E-state index is 4.14. The molecule has 0 saturated heterocycles. The number of nitrogens with zero attached hydrogens (tertiary/aromatic N) is 2. The van der Waals surface area contributed by atoms with E-state index in [1.165, 1.54) is 5.56 Å². The molecule has 0 bridgehead atoms. The zero-order valence-corrected chi connectivity index (χ0v) is 8.36. The van der Waals surface area contributed by atoms with Crippen LogP contribution in [0.15, 0.2) is 36.5 Å². The maximum atomic E-state index is 4.14. The average molecular weight is 187 g/mol. The SMILES string of the molecule is CNc1cccc(-c2ccnn2C)c1. The summed E-state index contributed by atoms with van der Waals surface area (Å²) < 4.78 is 1.87. The van der Waals surface area contributed by atoms with Crippen LogP contribution in [-0.4, -0.2) is 16.8 Å². The van der Waals surface area contributed by atoms with E-state index in [1.807, 2.05) is 37.0 Å². The van der Waals surface area contributed by atoms with E-state index in [0.29, 0.717) is 0 Å². The van der Waals surface area contributed by atoms with E-state index in [2.05, 4.69) is 22.5 Å². The number of rotatable bonds is 2. The van der Waals surface area contributed by atoms with Crippen LogP contribution >= 0.6 is 0 Å². The zero-order chi connectivity index (χ0) is 9.97. The van der Waals surface area contributed by atoms with Crippen molar-refractivity contribution in [2.45, 2.75) is 0 Å². The van der Waals surface area contributed by atoms with Crippen LogP contribution in [0.5, 0.6) is 0 Å². The molecule has 0 aliphatic carbocycles. The molecule has 3 heteroatoms. The third-order valence-corrected chi connectivity index (χ3v) is 2.27. The molecule has 0 aliphatic rings. The number of anilines is 1. The van der Waals surface area contributed by atoms with Crippen molar-refractivity contribution in [3.63, 3.8) is 0 Å². The molecule has 1 heterocycles. The van der Waals surface area contributed by atoms with Crippen molar-refractivity contribution < 1.29 is 0 Å². The molecule has 14 heavy (non-hydrogen) atoms. The Labute approximate surface area is 83.4 Å². The Balaban J connectivity index is 2.47. The summed E-state index contributed by atoms with van der Waals surface area (Å²) in [7, 11) is 3.86. The molecule has 2 rings (SSSR count). The predicted molar refractivity (Wildman–Crippen MR) is 58.2 cm³/mol. The molecule has 1 N–H and O–H groups in total. The minimum absolute atomic E-state index is 1.11. The molecule has 3 nitrogen and oxygen atoms in total. The summed E-state index contributed by atoms with van der Waals surface area (Å²) in [6.07, 6.45) is 1.81. The van der Waals surface area contributed by atoms with E-state index >= 15 is 0 Å². The van der Waals surface area contributed by atoms with Crippen LogP contribution in [0.3, 0.4) is 0 Å². The number of aromatic nitrogens is 2. The lowest BCUT2D eigenvalue weighted by atomic mass is 10.1. The summed E-state index contributed by atoms with van der Waals surface area (Å²) in [5.74, 6) is 0. The molecule has 0 amide bonds. The fourth-order valence-corrected chi connectivity index (χ4v) is 1.49. The van der Waals surface area contributed by atoms with Crippen molar-refractivity contribution in [2.75, 3.05) is 12.4 Å². The highest BCUT2D eigenvalue weighted by atomic mass is 15.3. The summed E-state index contributed by atoms with van der Waals surface area (Å²) in [4.78, 5) is 0. The number of hydrogen-bond donors (Lipinski definition) is 1. The Morgan fingerprint density at radius 1 is 1.29 bits per heavy atom. The maximum Gasteiger partial charge on any atom is 0.0679 e. The van der Waals surface area contributed by atoms with Gasteiger partial charge in [0.25, 0.3) is 0 Å². The molecular formula is C11H13N3. The predicted octanol–water partition coefficient (Wildman–Crippen LogP) is 2.13. The van der Waals surface area contributed by atoms with Crippen LogP contribution in [0.4, 0.5) is 5.69 Å². The lowest BCUT2D eigenvalue weighted by molar-refractivity contribution is 0.776. The van der Waals surface area contributed by atoms with Gasteiger partial charge in [0.1, 0.15) is 0 Å². The van der Waals surface area contributed by atoms with Crippen LogP contribution in [0.1, 0.15) is 0 Å². The second-order valence-electron chi connectivity index (χ2n) is 3.17. The van der Waals surface area contributed by atoms with Gasteiger partial charge >= 0.3 is 0 Å². The molecule has 1 aromatic carbocycles. The van der Waals surface area contributed by atoms with Crippen molar-refractivity contribution >= 4 is 5.69 Å². The first-order valence-corrected chi connectivity index (χ1v) is 4.57. The molecular weight excluding hydrogens is 174 g/mol. The van der Waals surface area contributed by atoms with Crippen LogP contribution in [0.2, 0.25) is 0 Å². The summed E-state index contributed by atoms with van der Waals surface area (Å²) in [5.41, 5.74) is 3.42. The summed E-state index contributed by atoms with van der Waals surface area (Å²) >= 11 is 0. The minimum atomic E-state index is 1.11. The standard InChI is InChI=1S/C11H13N3/c1-12-10-5-3-4-9(8-10)11-6-7-13-14(11)2/h3-8,12H,1-2H3. The average Bonchev–Trinajstić information content (AvgIpc) is 2.65. The van der Waals surface area contributed by atoms with E-state index in [9.17, 15) is 0 Å². The summed E-state index contributed by atoms with van der Waals surface area (Å²) in [5, 5.41) is 7.26. The van der Waals surface area contributed by atoms with Gasteiger partial charge in [-0.05, 0) is 18.2 Å². The van der Waals surface area contributed by atoms with Crippen molar-refractivity contribution in [3.8, 4) is 11.3 Å². The molecule has 0 spiro atoms. The molecule has 0 radical (unpaired) electrons. The third-order valence-electron chi connectivity index (χ3n) is 2.27. The van der Waals surface area contributed by atoms with Gasteiger partial charge in [-0.3, -0.25) is 4.68 Å². The molecule has 0 unspecified atom stereocenters. The first kappa shape index (κ1) is 8.81. The quantitative estimate of drug-likeness (QED) is 0.780. The van der Waals surface area contributed by atoms with Crippen molar-refractivity contribution in [1.29, 1.82) is 0 Å². The molecule has 0 saturated carbocycles. The highest BCUT2D eigenvalue weighted by Gasteiger charge is 2.01. The van der Waals surface area contributed by atoms with Gasteiger partial charge in [0, 0.05) is 31.5 Å². The van der Waals surface area contributed by atoms with Crippen LogP contribution in [-0.2, 0) is 7.05 Å². The Morgan fingerprint density at radius 2 is 2.14 bits per heavy atom. The molecule has 0 fully saturated rings. The van der Waals surface area contributed by atoms with Gasteiger partial charge in [0.05, 0.1) is 5.69 Å². The van der Waals surface area contributed by atoms with Gasteiger partial charge in [-0.1, -0.05) is 12.1 Å². The number of aryl methyl sites for hydroxylation is 1. The van der Waals surface area contributed by atoms with Crippen LogP contribution in [0.25, 0.3) is 11.3 Å². The van der Waals surface area contributed by atoms with E-state index in [0.717, 1.165) is 11.4 Å². The zero-order valence-electron chi connectivity index (χ0n) is 8.36. The van der Waals surface area contributed by atoms with E-state index in [1.54, 1.807) is 6.20 Å². The van der Waals surface area contributed by atoms with Gasteiger partial charge in [-0.15, -0.1) is 0 Å². The Bertz CT molecular complexity index is 432. The normalized spacial score (nSPS) is 10.1. The largest absolute Gasteiger partial charge is 0.388 e. The Hall–Kier alpha value is -1.77. The first-order chi connectivity index (χ1) is 6.81. The Morgan fingerprint density at radius 3 is 2.79 bits per heavy atom. The molecule has 2 aromatic rings. The second kappa shape index (κ2) is 3.54. The molecule has 1 aromatic heterocycles. The highest BCUT2D eigenvalue weighted by molar-refractivity contribution is 5.64. The van der Waals surface area contributed by atoms with Gasteiger partial charge < -0.3 is 5.32 Å².